The van der Waals surface area contributed by atoms with Crippen molar-refractivity contribution in [2.45, 2.75) is 32.4 Å². The van der Waals surface area contributed by atoms with E-state index in [1.165, 1.54) is 23.4 Å². The average molecular weight is 540 g/mol. The fourth-order valence-corrected chi connectivity index (χ4v) is 4.56. The normalized spacial score (nSPS) is 12.0. The number of carbonyl (C=O) groups is 2. The SMILES string of the molecule is CNC(=O)[C@H](C)N(Cc1ccc(Br)cc1)C(=O)CCCN(c1ccc(OC)cc1)S(C)(=O)=O. The Bertz CT molecular complexity index is 1040. The Morgan fingerprint density at radius 2 is 1.70 bits per heavy atom. The van der Waals surface area contributed by atoms with E-state index in [0.29, 0.717) is 17.9 Å². The molecule has 2 aromatic rings. The second-order valence-electron chi connectivity index (χ2n) is 7.58. The van der Waals surface area contributed by atoms with Gasteiger partial charge in [0.05, 0.1) is 19.1 Å². The molecular weight excluding hydrogens is 510 g/mol. The number of hydrogen-bond donors (Lipinski definition) is 1. The van der Waals surface area contributed by atoms with Gasteiger partial charge in [-0.25, -0.2) is 8.42 Å². The molecule has 0 aliphatic carbocycles. The van der Waals surface area contributed by atoms with Crippen molar-refractivity contribution in [3.8, 4) is 5.75 Å². The zero-order chi connectivity index (χ0) is 24.6. The predicted octanol–water partition coefficient (Wildman–Crippen LogP) is 3.17. The fraction of sp³-hybridized carbons (Fsp3) is 0.391. The van der Waals surface area contributed by atoms with Crippen LogP contribution in [0.5, 0.6) is 5.75 Å². The molecule has 0 saturated heterocycles. The molecule has 1 atom stereocenters. The molecule has 0 saturated carbocycles. The Morgan fingerprint density at radius 3 is 2.21 bits per heavy atom. The van der Waals surface area contributed by atoms with Crippen molar-refractivity contribution in [3.63, 3.8) is 0 Å². The highest BCUT2D eigenvalue weighted by molar-refractivity contribution is 9.10. The van der Waals surface area contributed by atoms with E-state index >= 15 is 0 Å². The third-order valence-corrected chi connectivity index (χ3v) is 6.92. The summed E-state index contributed by atoms with van der Waals surface area (Å²) in [4.78, 5) is 26.8. The number of sulfonamides is 1. The van der Waals surface area contributed by atoms with E-state index in [0.717, 1.165) is 16.3 Å². The minimum atomic E-state index is -3.54. The zero-order valence-corrected chi connectivity index (χ0v) is 21.6. The van der Waals surface area contributed by atoms with Crippen LogP contribution in [0.15, 0.2) is 53.0 Å². The van der Waals surface area contributed by atoms with Gasteiger partial charge in [0.25, 0.3) is 0 Å². The predicted molar refractivity (Wildman–Crippen MR) is 133 cm³/mol. The summed E-state index contributed by atoms with van der Waals surface area (Å²) in [5.74, 6) is 0.128. The first-order chi connectivity index (χ1) is 15.6. The maximum Gasteiger partial charge on any atom is 0.242 e. The van der Waals surface area contributed by atoms with Crippen molar-refractivity contribution in [2.75, 3.05) is 31.3 Å². The molecule has 0 aliphatic rings. The molecule has 2 aromatic carbocycles. The van der Waals surface area contributed by atoms with E-state index in [4.69, 9.17) is 4.74 Å². The van der Waals surface area contributed by atoms with Gasteiger partial charge in [0.1, 0.15) is 11.8 Å². The molecule has 0 radical (unpaired) electrons. The van der Waals surface area contributed by atoms with Crippen molar-refractivity contribution >= 4 is 43.5 Å². The van der Waals surface area contributed by atoms with Crippen LogP contribution in [0.2, 0.25) is 0 Å². The summed E-state index contributed by atoms with van der Waals surface area (Å²) in [5, 5.41) is 2.58. The molecule has 0 spiro atoms. The molecule has 0 fully saturated rings. The molecule has 10 heteroatoms. The summed E-state index contributed by atoms with van der Waals surface area (Å²) >= 11 is 3.39. The van der Waals surface area contributed by atoms with Crippen LogP contribution < -0.4 is 14.4 Å². The highest BCUT2D eigenvalue weighted by Crippen LogP contribution is 2.22. The summed E-state index contributed by atoms with van der Waals surface area (Å²) in [6.45, 7) is 2.09. The third kappa shape index (κ3) is 7.75. The van der Waals surface area contributed by atoms with Gasteiger partial charge >= 0.3 is 0 Å². The maximum absolute atomic E-state index is 13.1. The Labute approximate surface area is 204 Å². The van der Waals surface area contributed by atoms with E-state index in [1.54, 1.807) is 31.2 Å². The number of anilines is 1. The van der Waals surface area contributed by atoms with Gasteiger partial charge in [-0.3, -0.25) is 13.9 Å². The van der Waals surface area contributed by atoms with Gasteiger partial charge in [0.15, 0.2) is 0 Å². The molecule has 0 aromatic heterocycles. The third-order valence-electron chi connectivity index (χ3n) is 5.19. The van der Waals surface area contributed by atoms with Crippen LogP contribution in [0.3, 0.4) is 0 Å². The monoisotopic (exact) mass is 539 g/mol. The summed E-state index contributed by atoms with van der Waals surface area (Å²) in [5.41, 5.74) is 1.38. The van der Waals surface area contributed by atoms with Crippen LogP contribution in [-0.4, -0.2) is 58.1 Å². The van der Waals surface area contributed by atoms with Crippen LogP contribution in [0.25, 0.3) is 0 Å². The molecule has 180 valence electrons. The van der Waals surface area contributed by atoms with Gasteiger partial charge in [-0.1, -0.05) is 28.1 Å². The van der Waals surface area contributed by atoms with Crippen LogP contribution in [0, 0.1) is 0 Å². The molecule has 0 heterocycles. The number of nitrogens with one attached hydrogen (secondary N) is 1. The maximum atomic E-state index is 13.1. The molecule has 1 N–H and O–H groups in total. The van der Waals surface area contributed by atoms with Gasteiger partial charge in [-0.05, 0) is 55.3 Å². The minimum absolute atomic E-state index is 0.0973. The molecule has 33 heavy (non-hydrogen) atoms. The Kier molecular flexibility index (Phi) is 9.72. The molecular formula is C23H30BrN3O5S. The molecule has 2 amide bonds. The largest absolute Gasteiger partial charge is 0.497 e. The fourth-order valence-electron chi connectivity index (χ4n) is 3.33. The summed E-state index contributed by atoms with van der Waals surface area (Å²) in [6, 6.07) is 13.5. The lowest BCUT2D eigenvalue weighted by Crippen LogP contribution is -2.46. The summed E-state index contributed by atoms with van der Waals surface area (Å²) in [6.07, 6.45) is 1.53. The number of halogens is 1. The van der Waals surface area contributed by atoms with Gasteiger partial charge in [0.2, 0.25) is 21.8 Å². The Morgan fingerprint density at radius 1 is 1.09 bits per heavy atom. The highest BCUT2D eigenvalue weighted by Gasteiger charge is 2.26. The smallest absolute Gasteiger partial charge is 0.242 e. The van der Waals surface area contributed by atoms with Crippen molar-refractivity contribution in [3.05, 3.63) is 58.6 Å². The van der Waals surface area contributed by atoms with Crippen LogP contribution in [0.4, 0.5) is 5.69 Å². The molecule has 0 bridgehead atoms. The summed E-state index contributed by atoms with van der Waals surface area (Å²) in [7, 11) is -0.479. The summed E-state index contributed by atoms with van der Waals surface area (Å²) < 4.78 is 32.0. The van der Waals surface area contributed by atoms with E-state index in [-0.39, 0.29) is 31.3 Å². The van der Waals surface area contributed by atoms with Crippen molar-refractivity contribution in [1.29, 1.82) is 0 Å². The quantitative estimate of drug-likeness (QED) is 0.473. The van der Waals surface area contributed by atoms with Gasteiger partial charge in [0, 0.05) is 31.0 Å². The van der Waals surface area contributed by atoms with Crippen LogP contribution in [0.1, 0.15) is 25.3 Å². The number of methoxy groups -OCH3 is 1. The van der Waals surface area contributed by atoms with Gasteiger partial charge in [-0.2, -0.15) is 0 Å². The van der Waals surface area contributed by atoms with E-state index < -0.39 is 16.1 Å². The van der Waals surface area contributed by atoms with Crippen molar-refractivity contribution in [1.82, 2.24) is 10.2 Å². The number of nitrogens with zero attached hydrogens (tertiary/aromatic N) is 2. The number of benzene rings is 2. The first-order valence-corrected chi connectivity index (χ1v) is 13.1. The van der Waals surface area contributed by atoms with Crippen molar-refractivity contribution in [2.24, 2.45) is 0 Å². The van der Waals surface area contributed by atoms with Crippen molar-refractivity contribution < 1.29 is 22.7 Å². The van der Waals surface area contributed by atoms with Gasteiger partial charge in [-0.15, -0.1) is 0 Å². The van der Waals surface area contributed by atoms with E-state index in [9.17, 15) is 18.0 Å². The Hall–Kier alpha value is -2.59. The molecule has 0 unspecified atom stereocenters. The minimum Gasteiger partial charge on any atom is -0.497 e. The number of hydrogen-bond acceptors (Lipinski definition) is 5. The number of rotatable bonds is 11. The standard InChI is InChI=1S/C23H30BrN3O5S/c1-17(23(29)25-2)26(16-18-7-9-19(24)10-8-18)22(28)6-5-15-27(33(4,30)31)20-11-13-21(32-3)14-12-20/h7-14,17H,5-6,15-16H2,1-4H3,(H,25,29)/t17-/m0/s1. The van der Waals surface area contributed by atoms with Crippen LogP contribution in [-0.2, 0) is 26.2 Å². The topological polar surface area (TPSA) is 96.0 Å². The second kappa shape index (κ2) is 12.0. The van der Waals surface area contributed by atoms with Gasteiger partial charge < -0.3 is 15.0 Å². The lowest BCUT2D eigenvalue weighted by Gasteiger charge is -2.29. The number of likely N-dealkylation sites (N-methyl/N-ethyl adjacent to an activating group) is 1. The average Bonchev–Trinajstić information content (AvgIpc) is 2.79. The molecule has 0 aliphatic heterocycles. The Balaban J connectivity index is 2.12. The lowest BCUT2D eigenvalue weighted by molar-refractivity contribution is -0.140. The molecule has 8 nitrogen and oxygen atoms in total. The van der Waals surface area contributed by atoms with E-state index in [1.807, 2.05) is 24.3 Å². The van der Waals surface area contributed by atoms with Crippen LogP contribution >= 0.6 is 15.9 Å². The lowest BCUT2D eigenvalue weighted by atomic mass is 10.1. The number of amides is 2. The number of ether oxygens (including phenoxy) is 1. The second-order valence-corrected chi connectivity index (χ2v) is 10.4. The first-order valence-electron chi connectivity index (χ1n) is 10.4. The first kappa shape index (κ1) is 26.7. The highest BCUT2D eigenvalue weighted by atomic mass is 79.9. The number of carbonyl (C=O) groups excluding carboxylic acids is 2. The molecule has 2 rings (SSSR count). The van der Waals surface area contributed by atoms with E-state index in [2.05, 4.69) is 21.2 Å². The zero-order valence-electron chi connectivity index (χ0n) is 19.2.